The molecule has 1 unspecified atom stereocenters. The molecule has 2 rings (SSSR count). The Hall–Kier alpha value is -2.28. The SMILES string of the molecule is CC(N)Cc1cnc(-n2ccc(C(=O)N(C)C)n2)nc1. The fourth-order valence-corrected chi connectivity index (χ4v) is 1.72. The first-order chi connectivity index (χ1) is 9.47. The molecule has 1 atom stereocenters. The third kappa shape index (κ3) is 3.18. The van der Waals surface area contributed by atoms with Crippen LogP contribution in [0.1, 0.15) is 23.0 Å². The third-order valence-electron chi connectivity index (χ3n) is 2.67. The number of nitrogens with two attached hydrogens (primary N) is 1. The van der Waals surface area contributed by atoms with Gasteiger partial charge in [-0.15, -0.1) is 0 Å². The van der Waals surface area contributed by atoms with Crippen molar-refractivity contribution < 1.29 is 4.79 Å². The Kier molecular flexibility index (Phi) is 4.09. The van der Waals surface area contributed by atoms with Gasteiger partial charge in [-0.05, 0) is 25.0 Å². The molecule has 2 aromatic heterocycles. The van der Waals surface area contributed by atoms with Crippen LogP contribution in [0.4, 0.5) is 0 Å². The molecule has 2 heterocycles. The molecule has 0 spiro atoms. The molecule has 7 heteroatoms. The van der Waals surface area contributed by atoms with Crippen molar-refractivity contribution in [3.8, 4) is 5.95 Å². The van der Waals surface area contributed by atoms with Crippen LogP contribution in [0, 0.1) is 0 Å². The quantitative estimate of drug-likeness (QED) is 0.863. The van der Waals surface area contributed by atoms with Crippen LogP contribution in [-0.2, 0) is 6.42 Å². The summed E-state index contributed by atoms with van der Waals surface area (Å²) in [6, 6.07) is 1.71. The van der Waals surface area contributed by atoms with Crippen molar-refractivity contribution in [1.29, 1.82) is 0 Å². The van der Waals surface area contributed by atoms with E-state index >= 15 is 0 Å². The zero-order chi connectivity index (χ0) is 14.7. The normalized spacial score (nSPS) is 12.2. The van der Waals surface area contributed by atoms with Gasteiger partial charge in [0, 0.05) is 38.7 Å². The van der Waals surface area contributed by atoms with Gasteiger partial charge in [0.25, 0.3) is 5.91 Å². The number of carbonyl (C=O) groups excluding carboxylic acids is 1. The summed E-state index contributed by atoms with van der Waals surface area (Å²) < 4.78 is 1.48. The molecule has 106 valence electrons. The largest absolute Gasteiger partial charge is 0.343 e. The number of hydrogen-bond acceptors (Lipinski definition) is 5. The van der Waals surface area contributed by atoms with E-state index in [9.17, 15) is 4.79 Å². The molecule has 7 nitrogen and oxygen atoms in total. The topological polar surface area (TPSA) is 89.9 Å². The predicted molar refractivity (Wildman–Crippen MR) is 74.5 cm³/mol. The summed E-state index contributed by atoms with van der Waals surface area (Å²) in [6.07, 6.45) is 5.84. The van der Waals surface area contributed by atoms with E-state index in [0.29, 0.717) is 11.6 Å². The standard InChI is InChI=1S/C13H18N6O/c1-9(14)6-10-7-15-13(16-8-10)19-5-4-11(17-19)12(20)18(2)3/h4-5,7-9H,6,14H2,1-3H3. The molecule has 20 heavy (non-hydrogen) atoms. The van der Waals surface area contributed by atoms with Gasteiger partial charge in [0.15, 0.2) is 5.69 Å². The van der Waals surface area contributed by atoms with Crippen molar-refractivity contribution in [3.05, 3.63) is 35.9 Å². The van der Waals surface area contributed by atoms with Crippen LogP contribution in [0.3, 0.4) is 0 Å². The molecular weight excluding hydrogens is 256 g/mol. The fraction of sp³-hybridized carbons (Fsp3) is 0.385. The van der Waals surface area contributed by atoms with Crippen LogP contribution in [-0.4, -0.2) is 50.7 Å². The Morgan fingerprint density at radius 2 is 2.05 bits per heavy atom. The zero-order valence-electron chi connectivity index (χ0n) is 11.8. The number of carbonyl (C=O) groups is 1. The van der Waals surface area contributed by atoms with E-state index in [2.05, 4.69) is 15.1 Å². The smallest absolute Gasteiger partial charge is 0.273 e. The number of hydrogen-bond donors (Lipinski definition) is 1. The second-order valence-corrected chi connectivity index (χ2v) is 4.92. The molecule has 0 saturated heterocycles. The predicted octanol–water partition coefficient (Wildman–Crippen LogP) is 0.254. The van der Waals surface area contributed by atoms with Crippen LogP contribution in [0.25, 0.3) is 5.95 Å². The third-order valence-corrected chi connectivity index (χ3v) is 2.67. The lowest BCUT2D eigenvalue weighted by Crippen LogP contribution is -2.22. The highest BCUT2D eigenvalue weighted by Crippen LogP contribution is 2.05. The average Bonchev–Trinajstić information content (AvgIpc) is 2.87. The highest BCUT2D eigenvalue weighted by atomic mass is 16.2. The maximum Gasteiger partial charge on any atom is 0.273 e. The summed E-state index contributed by atoms with van der Waals surface area (Å²) >= 11 is 0. The van der Waals surface area contributed by atoms with E-state index in [0.717, 1.165) is 12.0 Å². The van der Waals surface area contributed by atoms with Crippen LogP contribution in [0.2, 0.25) is 0 Å². The van der Waals surface area contributed by atoms with Crippen molar-refractivity contribution in [1.82, 2.24) is 24.6 Å². The van der Waals surface area contributed by atoms with E-state index < -0.39 is 0 Å². The van der Waals surface area contributed by atoms with Gasteiger partial charge in [0.1, 0.15) is 0 Å². The van der Waals surface area contributed by atoms with Gasteiger partial charge in [-0.2, -0.15) is 5.10 Å². The number of rotatable bonds is 4. The Balaban J connectivity index is 2.18. The Bertz CT molecular complexity index is 587. The minimum atomic E-state index is -0.155. The van der Waals surface area contributed by atoms with Gasteiger partial charge in [-0.1, -0.05) is 0 Å². The monoisotopic (exact) mass is 274 g/mol. The summed E-state index contributed by atoms with van der Waals surface area (Å²) in [7, 11) is 3.36. The fourth-order valence-electron chi connectivity index (χ4n) is 1.72. The van der Waals surface area contributed by atoms with E-state index in [1.807, 2.05) is 6.92 Å². The highest BCUT2D eigenvalue weighted by Gasteiger charge is 2.12. The van der Waals surface area contributed by atoms with Crippen LogP contribution in [0.15, 0.2) is 24.7 Å². The number of nitrogens with zero attached hydrogens (tertiary/aromatic N) is 5. The zero-order valence-corrected chi connectivity index (χ0v) is 11.8. The van der Waals surface area contributed by atoms with Crippen molar-refractivity contribution in [3.63, 3.8) is 0 Å². The van der Waals surface area contributed by atoms with Crippen LogP contribution in [0.5, 0.6) is 0 Å². The molecule has 0 bridgehead atoms. The summed E-state index contributed by atoms with van der Waals surface area (Å²) in [5, 5.41) is 4.17. The minimum Gasteiger partial charge on any atom is -0.343 e. The van der Waals surface area contributed by atoms with Crippen molar-refractivity contribution in [2.75, 3.05) is 14.1 Å². The molecule has 1 amide bonds. The molecule has 0 fully saturated rings. The Morgan fingerprint density at radius 1 is 1.40 bits per heavy atom. The van der Waals surface area contributed by atoms with E-state index in [4.69, 9.17) is 5.73 Å². The van der Waals surface area contributed by atoms with E-state index in [1.165, 1.54) is 9.58 Å². The highest BCUT2D eigenvalue weighted by molar-refractivity contribution is 5.91. The van der Waals surface area contributed by atoms with Crippen molar-refractivity contribution >= 4 is 5.91 Å². The minimum absolute atomic E-state index is 0.0680. The molecule has 0 saturated carbocycles. The first-order valence-electron chi connectivity index (χ1n) is 6.31. The Labute approximate surface area is 117 Å². The second-order valence-electron chi connectivity index (χ2n) is 4.92. The summed E-state index contributed by atoms with van der Waals surface area (Å²) in [6.45, 7) is 1.93. The first-order valence-corrected chi connectivity index (χ1v) is 6.31. The molecule has 0 aliphatic heterocycles. The van der Waals surface area contributed by atoms with Gasteiger partial charge in [0.05, 0.1) is 0 Å². The first kappa shape index (κ1) is 14.1. The van der Waals surface area contributed by atoms with E-state index in [-0.39, 0.29) is 11.9 Å². The second kappa shape index (κ2) is 5.79. The molecule has 0 aromatic carbocycles. The van der Waals surface area contributed by atoms with Gasteiger partial charge in [-0.25, -0.2) is 14.6 Å². The van der Waals surface area contributed by atoms with Crippen molar-refractivity contribution in [2.24, 2.45) is 5.73 Å². The number of amides is 1. The molecule has 0 radical (unpaired) electrons. The Morgan fingerprint density at radius 3 is 2.60 bits per heavy atom. The van der Waals surface area contributed by atoms with Gasteiger partial charge in [-0.3, -0.25) is 4.79 Å². The van der Waals surface area contributed by atoms with E-state index in [1.54, 1.807) is 38.8 Å². The molecule has 0 aliphatic carbocycles. The summed E-state index contributed by atoms with van der Waals surface area (Å²) in [4.78, 5) is 21.7. The van der Waals surface area contributed by atoms with Crippen molar-refractivity contribution in [2.45, 2.75) is 19.4 Å². The van der Waals surface area contributed by atoms with Gasteiger partial charge >= 0.3 is 0 Å². The van der Waals surface area contributed by atoms with Gasteiger partial charge in [0.2, 0.25) is 5.95 Å². The molecule has 2 N–H and O–H groups in total. The number of aromatic nitrogens is 4. The van der Waals surface area contributed by atoms with Gasteiger partial charge < -0.3 is 10.6 Å². The lowest BCUT2D eigenvalue weighted by Gasteiger charge is -2.07. The lowest BCUT2D eigenvalue weighted by atomic mass is 10.1. The lowest BCUT2D eigenvalue weighted by molar-refractivity contribution is 0.0821. The van der Waals surface area contributed by atoms with Crippen LogP contribution >= 0.6 is 0 Å². The summed E-state index contributed by atoms with van der Waals surface area (Å²) in [5.74, 6) is 0.272. The maximum absolute atomic E-state index is 11.8. The molecule has 0 aliphatic rings. The van der Waals surface area contributed by atoms with Crippen LogP contribution < -0.4 is 5.73 Å². The molecular formula is C13H18N6O. The summed E-state index contributed by atoms with van der Waals surface area (Å²) in [5.41, 5.74) is 7.06. The maximum atomic E-state index is 11.8. The molecule has 2 aromatic rings. The average molecular weight is 274 g/mol.